The summed E-state index contributed by atoms with van der Waals surface area (Å²) >= 11 is 0. The number of nitrogens with one attached hydrogen (secondary N) is 1. The van der Waals surface area contributed by atoms with E-state index in [1.165, 1.54) is 6.33 Å². The molecule has 33 heavy (non-hydrogen) atoms. The molecular weight excluding hydrogens is 416 g/mol. The van der Waals surface area contributed by atoms with Crippen LogP contribution in [-0.4, -0.2) is 30.1 Å². The van der Waals surface area contributed by atoms with Crippen molar-refractivity contribution in [3.8, 4) is 5.75 Å². The molecule has 0 aliphatic heterocycles. The third-order valence-corrected chi connectivity index (χ3v) is 5.20. The summed E-state index contributed by atoms with van der Waals surface area (Å²) in [4.78, 5) is 21.5. The highest BCUT2D eigenvalue weighted by molar-refractivity contribution is 6.04. The van der Waals surface area contributed by atoms with Gasteiger partial charge in [-0.15, -0.1) is 0 Å². The van der Waals surface area contributed by atoms with Gasteiger partial charge in [0.2, 0.25) is 0 Å². The number of rotatable bonds is 7. The first-order chi connectivity index (χ1) is 16.1. The van der Waals surface area contributed by atoms with Crippen LogP contribution in [0.2, 0.25) is 0 Å². The quantitative estimate of drug-likeness (QED) is 0.413. The summed E-state index contributed by atoms with van der Waals surface area (Å²) < 4.78 is 9.60. The van der Waals surface area contributed by atoms with E-state index in [-0.39, 0.29) is 5.91 Å². The van der Waals surface area contributed by atoms with Crippen molar-refractivity contribution in [2.45, 2.75) is 20.1 Å². The van der Waals surface area contributed by atoms with Gasteiger partial charge in [0.15, 0.2) is 0 Å². The standard InChI is InChI=1S/C25H22N6O2/c1-18-9-10-24-28-21(14-30(24)12-18)15-33-22-7-4-6-19(11-22)25(32)29-23-8-3-2-5-20(23)13-31-17-26-16-27-31/h2-12,14,16-17H,13,15H2,1H3,(H,29,32). The Balaban J connectivity index is 1.27. The molecule has 0 atom stereocenters. The topological polar surface area (TPSA) is 86.3 Å². The largest absolute Gasteiger partial charge is 0.487 e. The Hall–Kier alpha value is -4.46. The number of benzene rings is 2. The number of aryl methyl sites for hydroxylation is 1. The number of hydrogen-bond donors (Lipinski definition) is 1. The van der Waals surface area contributed by atoms with E-state index >= 15 is 0 Å². The van der Waals surface area contributed by atoms with E-state index in [9.17, 15) is 4.79 Å². The molecule has 8 heteroatoms. The zero-order valence-electron chi connectivity index (χ0n) is 18.0. The van der Waals surface area contributed by atoms with Crippen LogP contribution in [0, 0.1) is 6.92 Å². The Kier molecular flexibility index (Phi) is 5.55. The van der Waals surface area contributed by atoms with Crippen molar-refractivity contribution in [1.29, 1.82) is 0 Å². The van der Waals surface area contributed by atoms with Gasteiger partial charge >= 0.3 is 0 Å². The molecule has 0 spiro atoms. The predicted octanol–water partition coefficient (Wildman–Crippen LogP) is 4.11. The van der Waals surface area contributed by atoms with Crippen molar-refractivity contribution in [3.63, 3.8) is 0 Å². The van der Waals surface area contributed by atoms with Gasteiger partial charge in [-0.1, -0.05) is 30.3 Å². The zero-order chi connectivity index (χ0) is 22.6. The fraction of sp³-hybridized carbons (Fsp3) is 0.120. The molecule has 0 unspecified atom stereocenters. The Bertz CT molecular complexity index is 1410. The summed E-state index contributed by atoms with van der Waals surface area (Å²) in [5.41, 5.74) is 5.02. The second-order valence-corrected chi connectivity index (χ2v) is 7.72. The maximum Gasteiger partial charge on any atom is 0.255 e. The van der Waals surface area contributed by atoms with E-state index < -0.39 is 0 Å². The van der Waals surface area contributed by atoms with E-state index in [1.807, 2.05) is 66.2 Å². The number of pyridine rings is 1. The van der Waals surface area contributed by atoms with Crippen molar-refractivity contribution in [1.82, 2.24) is 24.1 Å². The molecule has 0 saturated carbocycles. The molecule has 2 aromatic carbocycles. The number of nitrogens with zero attached hydrogens (tertiary/aromatic N) is 5. The number of fused-ring (bicyclic) bond motifs is 1. The predicted molar refractivity (Wildman–Crippen MR) is 124 cm³/mol. The minimum Gasteiger partial charge on any atom is -0.487 e. The normalized spacial score (nSPS) is 10.9. The van der Waals surface area contributed by atoms with Gasteiger partial charge in [0.25, 0.3) is 5.91 Å². The first-order valence-corrected chi connectivity index (χ1v) is 10.5. The smallest absolute Gasteiger partial charge is 0.255 e. The summed E-state index contributed by atoms with van der Waals surface area (Å²) in [6.07, 6.45) is 7.10. The Labute approximate surface area is 190 Å². The van der Waals surface area contributed by atoms with Crippen molar-refractivity contribution in [2.75, 3.05) is 5.32 Å². The van der Waals surface area contributed by atoms with Crippen LogP contribution < -0.4 is 10.1 Å². The van der Waals surface area contributed by atoms with Crippen LogP contribution >= 0.6 is 0 Å². The van der Waals surface area contributed by atoms with Crippen molar-refractivity contribution in [3.05, 3.63) is 108 Å². The number of aromatic nitrogens is 5. The Morgan fingerprint density at radius 1 is 1.06 bits per heavy atom. The molecule has 3 heterocycles. The molecule has 3 aromatic heterocycles. The molecule has 164 valence electrons. The first kappa shape index (κ1) is 20.4. The summed E-state index contributed by atoms with van der Waals surface area (Å²) in [6, 6.07) is 18.8. The molecule has 5 aromatic rings. The van der Waals surface area contributed by atoms with Gasteiger partial charge in [0.05, 0.1) is 12.2 Å². The van der Waals surface area contributed by atoms with Gasteiger partial charge < -0.3 is 14.5 Å². The summed E-state index contributed by atoms with van der Waals surface area (Å²) in [6.45, 7) is 2.86. The average molecular weight is 438 g/mol. The van der Waals surface area contributed by atoms with Gasteiger partial charge in [0.1, 0.15) is 30.7 Å². The SMILES string of the molecule is Cc1ccc2nc(COc3cccc(C(=O)Nc4ccccc4Cn4cncn4)c3)cn2c1. The first-order valence-electron chi connectivity index (χ1n) is 10.5. The molecular formula is C25H22N6O2. The molecule has 5 rings (SSSR count). The maximum absolute atomic E-state index is 12.9. The van der Waals surface area contributed by atoms with E-state index in [0.29, 0.717) is 24.5 Å². The van der Waals surface area contributed by atoms with E-state index in [4.69, 9.17) is 4.74 Å². The van der Waals surface area contributed by atoms with Crippen LogP contribution in [0.3, 0.4) is 0 Å². The van der Waals surface area contributed by atoms with Crippen LogP contribution in [0.5, 0.6) is 5.75 Å². The van der Waals surface area contributed by atoms with Crippen LogP contribution in [0.4, 0.5) is 5.69 Å². The van der Waals surface area contributed by atoms with Crippen molar-refractivity contribution < 1.29 is 9.53 Å². The summed E-state index contributed by atoms with van der Waals surface area (Å²) in [5, 5.41) is 7.13. The minimum atomic E-state index is -0.213. The van der Waals surface area contributed by atoms with Crippen LogP contribution in [0.1, 0.15) is 27.2 Å². The fourth-order valence-electron chi connectivity index (χ4n) is 3.57. The molecule has 0 bridgehead atoms. The van der Waals surface area contributed by atoms with Crippen LogP contribution in [0.25, 0.3) is 5.65 Å². The lowest BCUT2D eigenvalue weighted by Gasteiger charge is -2.12. The fourth-order valence-corrected chi connectivity index (χ4v) is 3.57. The number of para-hydroxylation sites is 1. The monoisotopic (exact) mass is 438 g/mol. The number of amides is 1. The van der Waals surface area contributed by atoms with Crippen molar-refractivity contribution in [2.24, 2.45) is 0 Å². The minimum absolute atomic E-state index is 0.213. The lowest BCUT2D eigenvalue weighted by molar-refractivity contribution is 0.102. The highest BCUT2D eigenvalue weighted by Gasteiger charge is 2.11. The highest BCUT2D eigenvalue weighted by atomic mass is 16.5. The molecule has 0 saturated heterocycles. The average Bonchev–Trinajstić information content (AvgIpc) is 3.48. The molecule has 0 fully saturated rings. The summed E-state index contributed by atoms with van der Waals surface area (Å²) in [7, 11) is 0. The zero-order valence-corrected chi connectivity index (χ0v) is 18.0. The molecule has 1 N–H and O–H groups in total. The molecule has 0 aliphatic carbocycles. The Morgan fingerprint density at radius 3 is 2.85 bits per heavy atom. The number of hydrogen-bond acceptors (Lipinski definition) is 5. The summed E-state index contributed by atoms with van der Waals surface area (Å²) in [5.74, 6) is 0.390. The van der Waals surface area contributed by atoms with E-state index in [1.54, 1.807) is 29.2 Å². The molecule has 0 radical (unpaired) electrons. The second-order valence-electron chi connectivity index (χ2n) is 7.72. The van der Waals surface area contributed by atoms with Gasteiger partial charge in [-0.2, -0.15) is 5.10 Å². The lowest BCUT2D eigenvalue weighted by Crippen LogP contribution is -2.14. The second kappa shape index (κ2) is 8.96. The van der Waals surface area contributed by atoms with Gasteiger partial charge in [-0.05, 0) is 48.4 Å². The van der Waals surface area contributed by atoms with Crippen LogP contribution in [-0.2, 0) is 13.2 Å². The number of anilines is 1. The third kappa shape index (κ3) is 4.74. The number of ether oxygens (including phenoxy) is 1. The third-order valence-electron chi connectivity index (χ3n) is 5.20. The van der Waals surface area contributed by atoms with E-state index in [0.717, 1.165) is 28.2 Å². The molecule has 0 aliphatic rings. The van der Waals surface area contributed by atoms with Gasteiger partial charge in [-0.3, -0.25) is 4.79 Å². The van der Waals surface area contributed by atoms with Gasteiger partial charge in [-0.25, -0.2) is 14.6 Å². The lowest BCUT2D eigenvalue weighted by atomic mass is 10.1. The molecule has 1 amide bonds. The number of imidazole rings is 1. The molecule has 8 nitrogen and oxygen atoms in total. The maximum atomic E-state index is 12.9. The highest BCUT2D eigenvalue weighted by Crippen LogP contribution is 2.20. The van der Waals surface area contributed by atoms with Gasteiger partial charge in [0, 0.05) is 23.6 Å². The van der Waals surface area contributed by atoms with E-state index in [2.05, 4.69) is 20.4 Å². The van der Waals surface area contributed by atoms with Crippen molar-refractivity contribution >= 4 is 17.2 Å². The van der Waals surface area contributed by atoms with Crippen LogP contribution in [0.15, 0.2) is 85.7 Å². The Morgan fingerprint density at radius 2 is 1.97 bits per heavy atom. The number of carbonyl (C=O) groups is 1. The number of carbonyl (C=O) groups excluding carboxylic acids is 1.